The van der Waals surface area contributed by atoms with Gasteiger partial charge in [0.05, 0.1) is 16.8 Å². The molecule has 2 heterocycles. The van der Waals surface area contributed by atoms with Crippen LogP contribution in [0.1, 0.15) is 23.8 Å². The maximum absolute atomic E-state index is 12.3. The highest BCUT2D eigenvalue weighted by atomic mass is 32.1. The Morgan fingerprint density at radius 3 is 2.62 bits per heavy atom. The summed E-state index contributed by atoms with van der Waals surface area (Å²) in [5.74, 6) is -0.480. The molecule has 9 heteroatoms. The maximum Gasteiger partial charge on any atom is 0.285 e. The van der Waals surface area contributed by atoms with E-state index < -0.39 is 16.4 Å². The predicted octanol–water partition coefficient (Wildman–Crippen LogP) is 3.78. The lowest BCUT2D eigenvalue weighted by Gasteiger charge is -2.05. The van der Waals surface area contributed by atoms with Gasteiger partial charge in [-0.15, -0.1) is 11.3 Å². The fraction of sp³-hybridized carbons (Fsp3) is 0.250. The van der Waals surface area contributed by atoms with E-state index in [1.165, 1.54) is 16.9 Å². The first-order valence-electron chi connectivity index (χ1n) is 9.09. The second-order valence-electron chi connectivity index (χ2n) is 6.53. The zero-order valence-electron chi connectivity index (χ0n) is 16.0. The number of aromatic nitrogens is 2. The van der Waals surface area contributed by atoms with Crippen molar-refractivity contribution in [3.05, 3.63) is 73.5 Å². The maximum atomic E-state index is 12.3. The number of hydrogen-bond donors (Lipinski definition) is 1. The average molecular weight is 412 g/mol. The third-order valence-electron chi connectivity index (χ3n) is 4.30. The third kappa shape index (κ3) is 4.94. The highest BCUT2D eigenvalue weighted by Crippen LogP contribution is 2.30. The molecule has 0 spiro atoms. The summed E-state index contributed by atoms with van der Waals surface area (Å²) in [6.45, 7) is 3.73. The lowest BCUT2D eigenvalue weighted by Crippen LogP contribution is -2.26. The molecular formula is C20H20N4O4S. The molecule has 0 unspecified atom stereocenters. The normalized spacial score (nSPS) is 10.7. The van der Waals surface area contributed by atoms with Crippen LogP contribution in [0.25, 0.3) is 11.3 Å². The standard InChI is InChI=1S/C20H20N4O4S/c1-3-4-14-5-7-15(8-6-14)19-13(2)29-20(22-19)21-17(25)12-23-11-16(24(27)28)9-10-18(23)26/h5-11H,3-4,12H2,1-2H3,(H,21,22,25). The predicted molar refractivity (Wildman–Crippen MR) is 112 cm³/mol. The number of aryl methyl sites for hydroxylation is 2. The monoisotopic (exact) mass is 412 g/mol. The zero-order valence-corrected chi connectivity index (χ0v) is 16.9. The fourth-order valence-corrected chi connectivity index (χ4v) is 3.75. The Kier molecular flexibility index (Phi) is 6.18. The minimum Gasteiger partial charge on any atom is -0.300 e. The van der Waals surface area contributed by atoms with Gasteiger partial charge in [0.1, 0.15) is 6.54 Å². The molecule has 29 heavy (non-hydrogen) atoms. The van der Waals surface area contributed by atoms with Crippen LogP contribution >= 0.6 is 11.3 Å². The fourth-order valence-electron chi connectivity index (χ4n) is 2.90. The quantitative estimate of drug-likeness (QED) is 0.469. The van der Waals surface area contributed by atoms with Crippen molar-refractivity contribution in [1.82, 2.24) is 9.55 Å². The number of anilines is 1. The number of nitrogens with one attached hydrogen (secondary N) is 1. The highest BCUT2D eigenvalue weighted by molar-refractivity contribution is 7.16. The van der Waals surface area contributed by atoms with Crippen molar-refractivity contribution in [2.45, 2.75) is 33.2 Å². The van der Waals surface area contributed by atoms with Crippen molar-refractivity contribution < 1.29 is 9.72 Å². The van der Waals surface area contributed by atoms with Gasteiger partial charge in [0.2, 0.25) is 5.91 Å². The minimum absolute atomic E-state index is 0.253. The van der Waals surface area contributed by atoms with Crippen LogP contribution in [0.3, 0.4) is 0 Å². The molecule has 1 amide bonds. The van der Waals surface area contributed by atoms with Gasteiger partial charge in [-0.1, -0.05) is 37.6 Å². The Balaban J connectivity index is 1.74. The number of nitrogens with zero attached hydrogens (tertiary/aromatic N) is 3. The number of thiazole rings is 1. The molecule has 0 radical (unpaired) electrons. The zero-order chi connectivity index (χ0) is 21.0. The molecule has 1 N–H and O–H groups in total. The van der Waals surface area contributed by atoms with E-state index in [1.54, 1.807) is 0 Å². The van der Waals surface area contributed by atoms with Crippen molar-refractivity contribution in [2.24, 2.45) is 0 Å². The number of carbonyl (C=O) groups excluding carboxylic acids is 1. The summed E-state index contributed by atoms with van der Waals surface area (Å²) in [6.07, 6.45) is 3.16. The molecule has 150 valence electrons. The summed E-state index contributed by atoms with van der Waals surface area (Å²) >= 11 is 1.34. The Morgan fingerprint density at radius 2 is 1.97 bits per heavy atom. The molecule has 2 aromatic heterocycles. The molecule has 0 aliphatic heterocycles. The van der Waals surface area contributed by atoms with Crippen molar-refractivity contribution in [1.29, 1.82) is 0 Å². The number of hydrogen-bond acceptors (Lipinski definition) is 6. The summed E-state index contributed by atoms with van der Waals surface area (Å²) in [7, 11) is 0. The number of rotatable bonds is 7. The van der Waals surface area contributed by atoms with E-state index in [4.69, 9.17) is 0 Å². The van der Waals surface area contributed by atoms with Crippen LogP contribution < -0.4 is 10.9 Å². The molecule has 0 fully saturated rings. The van der Waals surface area contributed by atoms with Crippen molar-refractivity contribution >= 4 is 28.1 Å². The van der Waals surface area contributed by atoms with Crippen LogP contribution in [-0.4, -0.2) is 20.4 Å². The number of nitro groups is 1. The van der Waals surface area contributed by atoms with Crippen molar-refractivity contribution in [3.8, 4) is 11.3 Å². The second-order valence-corrected chi connectivity index (χ2v) is 7.73. The molecule has 0 saturated carbocycles. The number of benzene rings is 1. The molecule has 0 aliphatic rings. The van der Waals surface area contributed by atoms with Crippen LogP contribution in [-0.2, 0) is 17.8 Å². The van der Waals surface area contributed by atoms with Crippen molar-refractivity contribution in [2.75, 3.05) is 5.32 Å². The molecular weight excluding hydrogens is 392 g/mol. The molecule has 1 aromatic carbocycles. The molecule has 3 rings (SSSR count). The van der Waals surface area contributed by atoms with Gasteiger partial charge in [-0.2, -0.15) is 0 Å². The molecule has 0 bridgehead atoms. The third-order valence-corrected chi connectivity index (χ3v) is 5.19. The van der Waals surface area contributed by atoms with Gasteiger partial charge in [0.15, 0.2) is 5.13 Å². The Morgan fingerprint density at radius 1 is 1.24 bits per heavy atom. The van der Waals surface area contributed by atoms with Crippen LogP contribution in [0.4, 0.5) is 10.8 Å². The summed E-state index contributed by atoms with van der Waals surface area (Å²) < 4.78 is 1.00. The van der Waals surface area contributed by atoms with Gasteiger partial charge in [0.25, 0.3) is 11.2 Å². The SMILES string of the molecule is CCCc1ccc(-c2nc(NC(=O)Cn3cc([N+](=O)[O-])ccc3=O)sc2C)cc1. The first-order valence-corrected chi connectivity index (χ1v) is 9.90. The molecule has 0 atom stereocenters. The minimum atomic E-state index is -0.615. The van der Waals surface area contributed by atoms with E-state index in [0.29, 0.717) is 5.13 Å². The van der Waals surface area contributed by atoms with E-state index in [2.05, 4.69) is 29.4 Å². The highest BCUT2D eigenvalue weighted by Gasteiger charge is 2.14. The summed E-state index contributed by atoms with van der Waals surface area (Å²) in [4.78, 5) is 39.9. The van der Waals surface area contributed by atoms with Crippen LogP contribution in [0.15, 0.2) is 47.4 Å². The average Bonchev–Trinajstić information content (AvgIpc) is 3.04. The van der Waals surface area contributed by atoms with Gasteiger partial charge in [-0.25, -0.2) is 4.98 Å². The number of amides is 1. The summed E-state index contributed by atoms with van der Waals surface area (Å²) in [6, 6.07) is 10.4. The lowest BCUT2D eigenvalue weighted by molar-refractivity contribution is -0.385. The summed E-state index contributed by atoms with van der Waals surface area (Å²) in [5, 5.41) is 13.9. The van der Waals surface area contributed by atoms with E-state index in [0.717, 1.165) is 51.9 Å². The Hall–Kier alpha value is -3.33. The Labute approximate surface area is 171 Å². The number of carbonyl (C=O) groups is 1. The topological polar surface area (TPSA) is 107 Å². The lowest BCUT2D eigenvalue weighted by atomic mass is 10.1. The smallest absolute Gasteiger partial charge is 0.285 e. The van der Waals surface area contributed by atoms with Crippen molar-refractivity contribution in [3.63, 3.8) is 0 Å². The van der Waals surface area contributed by atoms with E-state index in [9.17, 15) is 19.7 Å². The molecule has 8 nitrogen and oxygen atoms in total. The van der Waals surface area contributed by atoms with Gasteiger partial charge >= 0.3 is 0 Å². The van der Waals surface area contributed by atoms with Crippen LogP contribution in [0.2, 0.25) is 0 Å². The molecule has 0 saturated heterocycles. The summed E-state index contributed by atoms with van der Waals surface area (Å²) in [5.41, 5.74) is 2.28. The first kappa shape index (κ1) is 20.4. The van der Waals surface area contributed by atoms with Gasteiger partial charge < -0.3 is 5.32 Å². The van der Waals surface area contributed by atoms with Gasteiger partial charge in [-0.05, 0) is 18.9 Å². The van der Waals surface area contributed by atoms with E-state index in [-0.39, 0.29) is 12.2 Å². The van der Waals surface area contributed by atoms with E-state index >= 15 is 0 Å². The largest absolute Gasteiger partial charge is 0.300 e. The van der Waals surface area contributed by atoms with Crippen LogP contribution in [0, 0.1) is 17.0 Å². The second kappa shape index (κ2) is 8.78. The van der Waals surface area contributed by atoms with Crippen LogP contribution in [0.5, 0.6) is 0 Å². The molecule has 3 aromatic rings. The Bertz CT molecular complexity index is 1100. The molecule has 0 aliphatic carbocycles. The van der Waals surface area contributed by atoms with Gasteiger partial charge in [0, 0.05) is 22.6 Å². The first-order chi connectivity index (χ1) is 13.9. The number of pyridine rings is 1. The van der Waals surface area contributed by atoms with E-state index in [1.807, 2.05) is 19.1 Å². The van der Waals surface area contributed by atoms with Gasteiger partial charge in [-0.3, -0.25) is 24.3 Å².